The molecule has 3 aromatic heterocycles. The second kappa shape index (κ2) is 17.8. The third-order valence-electron chi connectivity index (χ3n) is 13.5. The van der Waals surface area contributed by atoms with E-state index in [4.69, 9.17) is 19.9 Å². The first kappa shape index (κ1) is 41.6. The SMILES string of the molecule is c1ccc(-c2ccc(-c3cc(-c4ccc(-c5ccc(-c6nc7ccccc7c7ccc8c(nc(-c9ccccc9)n8-c8ccccc8)c67)cc5)cc4)nc(-c4ccc(-c5ccccc5)cc4)n3)cc2)cc1. The topological polar surface area (TPSA) is 56.5 Å². The first-order valence-corrected chi connectivity index (χ1v) is 24.0. The highest BCUT2D eigenvalue weighted by atomic mass is 15.1. The highest BCUT2D eigenvalue weighted by Gasteiger charge is 2.21. The Bertz CT molecular complexity index is 3920. The number of nitrogens with zero attached hydrogens (tertiary/aromatic N) is 5. The van der Waals surface area contributed by atoms with Crippen LogP contribution in [-0.4, -0.2) is 24.5 Å². The maximum atomic E-state index is 5.47. The minimum atomic E-state index is 0.680. The molecule has 0 unspecified atom stereocenters. The number of imidazole rings is 1. The lowest BCUT2D eigenvalue weighted by Crippen LogP contribution is -1.97. The number of benzene rings is 10. The summed E-state index contributed by atoms with van der Waals surface area (Å²) >= 11 is 0. The maximum Gasteiger partial charge on any atom is 0.160 e. The fourth-order valence-corrected chi connectivity index (χ4v) is 9.84. The van der Waals surface area contributed by atoms with Crippen molar-refractivity contribution in [3.63, 3.8) is 0 Å². The van der Waals surface area contributed by atoms with Crippen molar-refractivity contribution in [3.05, 3.63) is 261 Å². The average molecular weight is 906 g/mol. The Balaban J connectivity index is 0.873. The van der Waals surface area contributed by atoms with Gasteiger partial charge in [0.15, 0.2) is 5.82 Å². The van der Waals surface area contributed by atoms with Gasteiger partial charge in [-0.15, -0.1) is 0 Å². The van der Waals surface area contributed by atoms with Crippen LogP contribution in [0.1, 0.15) is 0 Å². The number of para-hydroxylation sites is 2. The molecule has 0 fully saturated rings. The molecule has 0 aliphatic heterocycles. The summed E-state index contributed by atoms with van der Waals surface area (Å²) in [4.78, 5) is 21.2. The van der Waals surface area contributed by atoms with Crippen molar-refractivity contribution < 1.29 is 0 Å². The Labute approximate surface area is 411 Å². The van der Waals surface area contributed by atoms with Crippen LogP contribution in [0.25, 0.3) is 128 Å². The third kappa shape index (κ3) is 7.82. The van der Waals surface area contributed by atoms with Gasteiger partial charge in [0, 0.05) is 44.3 Å². The van der Waals surface area contributed by atoms with Gasteiger partial charge in [-0.2, -0.15) is 0 Å². The van der Waals surface area contributed by atoms with Gasteiger partial charge in [-0.3, -0.25) is 4.57 Å². The normalized spacial score (nSPS) is 11.4. The van der Waals surface area contributed by atoms with Gasteiger partial charge in [-0.05, 0) is 69.1 Å². The van der Waals surface area contributed by atoms with Crippen molar-refractivity contribution in [1.29, 1.82) is 0 Å². The number of pyridine rings is 1. The molecule has 0 saturated carbocycles. The Morgan fingerprint density at radius 3 is 1.24 bits per heavy atom. The first-order chi connectivity index (χ1) is 35.2. The number of hydrogen-bond donors (Lipinski definition) is 0. The summed E-state index contributed by atoms with van der Waals surface area (Å²) in [7, 11) is 0. The van der Waals surface area contributed by atoms with Crippen molar-refractivity contribution in [2.24, 2.45) is 0 Å². The van der Waals surface area contributed by atoms with Crippen LogP contribution in [0.5, 0.6) is 0 Å². The van der Waals surface area contributed by atoms with Crippen molar-refractivity contribution >= 4 is 32.7 Å². The zero-order valence-corrected chi connectivity index (χ0v) is 38.6. The van der Waals surface area contributed by atoms with Gasteiger partial charge in [0.1, 0.15) is 5.82 Å². The number of rotatable bonds is 9. The monoisotopic (exact) mass is 905 g/mol. The molecule has 71 heavy (non-hydrogen) atoms. The predicted molar refractivity (Wildman–Crippen MR) is 293 cm³/mol. The molecule has 0 radical (unpaired) electrons. The lowest BCUT2D eigenvalue weighted by atomic mass is 9.96. The summed E-state index contributed by atoms with van der Waals surface area (Å²) in [6.07, 6.45) is 0. The zero-order valence-electron chi connectivity index (χ0n) is 38.6. The van der Waals surface area contributed by atoms with Gasteiger partial charge in [0.25, 0.3) is 0 Å². The summed E-state index contributed by atoms with van der Waals surface area (Å²) in [5, 5.41) is 3.26. The van der Waals surface area contributed by atoms with Crippen molar-refractivity contribution in [2.45, 2.75) is 0 Å². The molecule has 0 aliphatic carbocycles. The van der Waals surface area contributed by atoms with Crippen LogP contribution >= 0.6 is 0 Å². The second-order valence-electron chi connectivity index (χ2n) is 17.8. The molecular weight excluding hydrogens is 863 g/mol. The Kier molecular flexibility index (Phi) is 10.4. The van der Waals surface area contributed by atoms with Crippen molar-refractivity contribution in [1.82, 2.24) is 24.5 Å². The largest absolute Gasteiger partial charge is 0.292 e. The lowest BCUT2D eigenvalue weighted by Gasteiger charge is -2.13. The molecule has 13 aromatic rings. The Morgan fingerprint density at radius 1 is 0.282 bits per heavy atom. The number of hydrogen-bond acceptors (Lipinski definition) is 4. The fraction of sp³-hybridized carbons (Fsp3) is 0. The Hall–Kier alpha value is -9.58. The molecule has 5 nitrogen and oxygen atoms in total. The van der Waals surface area contributed by atoms with E-state index in [0.717, 1.165) is 111 Å². The van der Waals surface area contributed by atoms with E-state index in [1.165, 1.54) is 11.1 Å². The molecular formula is C66H43N5. The van der Waals surface area contributed by atoms with Crippen molar-refractivity contribution in [2.75, 3.05) is 0 Å². The number of aromatic nitrogens is 5. The highest BCUT2D eigenvalue weighted by Crippen LogP contribution is 2.41. The molecule has 5 heteroatoms. The van der Waals surface area contributed by atoms with Crippen LogP contribution in [0.15, 0.2) is 261 Å². The molecule has 0 saturated heterocycles. The molecule has 0 atom stereocenters. The summed E-state index contributed by atoms with van der Waals surface area (Å²) in [6.45, 7) is 0. The number of fused-ring (bicyclic) bond motifs is 5. The quantitative estimate of drug-likeness (QED) is 0.135. The molecule has 0 aliphatic rings. The maximum absolute atomic E-state index is 5.47. The van der Waals surface area contributed by atoms with Gasteiger partial charge >= 0.3 is 0 Å². The van der Waals surface area contributed by atoms with E-state index < -0.39 is 0 Å². The van der Waals surface area contributed by atoms with E-state index in [9.17, 15) is 0 Å². The average Bonchev–Trinajstić information content (AvgIpc) is 3.86. The van der Waals surface area contributed by atoms with E-state index in [0.29, 0.717) is 5.82 Å². The van der Waals surface area contributed by atoms with E-state index >= 15 is 0 Å². The van der Waals surface area contributed by atoms with Crippen molar-refractivity contribution in [3.8, 4) is 95.6 Å². The molecule has 0 bridgehead atoms. The van der Waals surface area contributed by atoms with Gasteiger partial charge in [0.05, 0.1) is 33.6 Å². The van der Waals surface area contributed by atoms with Crippen LogP contribution in [0.3, 0.4) is 0 Å². The molecule has 0 spiro atoms. The molecule has 0 amide bonds. The summed E-state index contributed by atoms with van der Waals surface area (Å²) in [6, 6.07) is 91.5. The van der Waals surface area contributed by atoms with Crippen LogP contribution < -0.4 is 0 Å². The van der Waals surface area contributed by atoms with E-state index in [1.807, 2.05) is 18.2 Å². The second-order valence-corrected chi connectivity index (χ2v) is 17.8. The predicted octanol–water partition coefficient (Wildman–Crippen LogP) is 16.9. The Morgan fingerprint density at radius 2 is 0.704 bits per heavy atom. The molecule has 3 heterocycles. The van der Waals surface area contributed by atoms with E-state index in [-0.39, 0.29) is 0 Å². The smallest absolute Gasteiger partial charge is 0.160 e. The first-order valence-electron chi connectivity index (χ1n) is 24.0. The van der Waals surface area contributed by atoms with E-state index in [1.54, 1.807) is 0 Å². The van der Waals surface area contributed by atoms with Crippen LogP contribution in [-0.2, 0) is 0 Å². The van der Waals surface area contributed by atoms with Gasteiger partial charge in [-0.1, -0.05) is 231 Å². The summed E-state index contributed by atoms with van der Waals surface area (Å²) < 4.78 is 2.27. The molecule has 332 valence electrons. The highest BCUT2D eigenvalue weighted by molar-refractivity contribution is 6.20. The minimum Gasteiger partial charge on any atom is -0.292 e. The molecule has 10 aromatic carbocycles. The third-order valence-corrected chi connectivity index (χ3v) is 13.5. The van der Waals surface area contributed by atoms with Crippen LogP contribution in [0.4, 0.5) is 0 Å². The van der Waals surface area contributed by atoms with Gasteiger partial charge in [0.2, 0.25) is 0 Å². The summed E-state index contributed by atoms with van der Waals surface area (Å²) in [5.41, 5.74) is 18.5. The minimum absolute atomic E-state index is 0.680. The fourth-order valence-electron chi connectivity index (χ4n) is 9.84. The molecule has 0 N–H and O–H groups in total. The zero-order chi connectivity index (χ0) is 47.1. The van der Waals surface area contributed by atoms with Gasteiger partial charge < -0.3 is 0 Å². The van der Waals surface area contributed by atoms with Gasteiger partial charge in [-0.25, -0.2) is 19.9 Å². The van der Waals surface area contributed by atoms with E-state index in [2.05, 4.69) is 247 Å². The molecule has 13 rings (SSSR count). The standard InChI is InChI=1S/C66H43N5/c1-5-15-44(16-6-1)46-25-33-50(34-26-46)59-43-60(69-65(68-59)53-39-31-47(32-40-53)45-17-7-2-8-18-45)51-35-27-48(28-36-51)49-29-37-52(38-30-49)63-62-57(56-23-13-14-24-58(56)67-63)41-42-61-64(62)70-66(54-19-9-3-10-20-54)71(61)55-21-11-4-12-22-55/h1-43H. The van der Waals surface area contributed by atoms with Crippen LogP contribution in [0.2, 0.25) is 0 Å². The summed E-state index contributed by atoms with van der Waals surface area (Å²) in [5.74, 6) is 1.57. The lowest BCUT2D eigenvalue weighted by molar-refractivity contribution is 1.10. The van der Waals surface area contributed by atoms with Crippen LogP contribution in [0, 0.1) is 0 Å².